The number of Topliss-reactive ketones (excluding diaryl/α,β-unsaturated/α-hetero) is 2. The molecule has 1 heterocycles. The number of aromatic carboxylic acids is 1. The number of carboxylic acids is 1. The van der Waals surface area contributed by atoms with E-state index in [0.29, 0.717) is 11.3 Å². The predicted molar refractivity (Wildman–Crippen MR) is 103 cm³/mol. The van der Waals surface area contributed by atoms with Gasteiger partial charge >= 0.3 is 5.97 Å². The van der Waals surface area contributed by atoms with Crippen molar-refractivity contribution in [1.29, 1.82) is 0 Å². The van der Waals surface area contributed by atoms with Gasteiger partial charge in [0.1, 0.15) is 0 Å². The summed E-state index contributed by atoms with van der Waals surface area (Å²) in [4.78, 5) is 36.4. The number of rotatable bonds is 3. The highest BCUT2D eigenvalue weighted by atomic mass is 32.2. The zero-order valence-corrected chi connectivity index (χ0v) is 15.3. The Kier molecular flexibility index (Phi) is 5.09. The van der Waals surface area contributed by atoms with Crippen molar-refractivity contribution in [3.63, 3.8) is 0 Å². The molecule has 0 aliphatic carbocycles. The Balaban J connectivity index is 1.93. The van der Waals surface area contributed by atoms with Gasteiger partial charge in [0.05, 0.1) is 5.56 Å². The van der Waals surface area contributed by atoms with Crippen molar-refractivity contribution in [3.8, 4) is 0 Å². The van der Waals surface area contributed by atoms with Crippen LogP contribution in [0.3, 0.4) is 0 Å². The Morgan fingerprint density at radius 2 is 1.77 bits per heavy atom. The average Bonchev–Trinajstić information content (AvgIpc) is 2.74. The summed E-state index contributed by atoms with van der Waals surface area (Å²) in [6.45, 7) is 3.71. The molecule has 1 aliphatic rings. The molecule has 2 aromatic carbocycles. The largest absolute Gasteiger partial charge is 0.478 e. The number of benzene rings is 2. The number of carboxylic acid groups (broad SMARTS) is 1. The van der Waals surface area contributed by atoms with E-state index < -0.39 is 11.8 Å². The molecule has 5 heteroatoms. The summed E-state index contributed by atoms with van der Waals surface area (Å²) in [5.74, 6) is -1.37. The molecule has 2 aromatic rings. The highest BCUT2D eigenvalue weighted by molar-refractivity contribution is 7.99. The molecule has 0 aromatic heterocycles. The van der Waals surface area contributed by atoms with Gasteiger partial charge in [-0.1, -0.05) is 31.2 Å². The number of allylic oxidation sites excluding steroid dienone is 1. The van der Waals surface area contributed by atoms with Crippen LogP contribution in [0, 0.1) is 5.92 Å². The maximum absolute atomic E-state index is 12.4. The molecular formula is C21H18O4S. The number of fused-ring (bicyclic) bond motifs is 1. The van der Waals surface area contributed by atoms with Gasteiger partial charge in [-0.3, -0.25) is 9.59 Å². The first-order chi connectivity index (χ1) is 12.4. The Hall–Kier alpha value is -2.66. The fourth-order valence-electron chi connectivity index (χ4n) is 2.78. The molecular weight excluding hydrogens is 348 g/mol. The lowest BCUT2D eigenvalue weighted by molar-refractivity contribution is -0.117. The van der Waals surface area contributed by atoms with Crippen molar-refractivity contribution < 1.29 is 19.5 Å². The molecule has 1 aliphatic heterocycles. The van der Waals surface area contributed by atoms with Crippen LogP contribution in [0.25, 0.3) is 11.6 Å². The van der Waals surface area contributed by atoms with Crippen molar-refractivity contribution in [2.24, 2.45) is 5.92 Å². The zero-order chi connectivity index (χ0) is 18.8. The van der Waals surface area contributed by atoms with Crippen LogP contribution in [-0.4, -0.2) is 28.4 Å². The second-order valence-electron chi connectivity index (χ2n) is 6.37. The van der Waals surface area contributed by atoms with E-state index in [1.807, 2.05) is 25.1 Å². The van der Waals surface area contributed by atoms with Crippen LogP contribution in [0.4, 0.5) is 0 Å². The monoisotopic (exact) mass is 366 g/mol. The van der Waals surface area contributed by atoms with Gasteiger partial charge in [-0.05, 0) is 47.9 Å². The lowest BCUT2D eigenvalue weighted by Crippen LogP contribution is -2.21. The van der Waals surface area contributed by atoms with Gasteiger partial charge in [-0.15, -0.1) is 11.8 Å². The topological polar surface area (TPSA) is 71.4 Å². The van der Waals surface area contributed by atoms with Crippen LogP contribution in [0.5, 0.6) is 0 Å². The molecule has 132 valence electrons. The van der Waals surface area contributed by atoms with Gasteiger partial charge in [-0.2, -0.15) is 0 Å². The Morgan fingerprint density at radius 1 is 1.12 bits per heavy atom. The number of carbonyl (C=O) groups is 3. The maximum atomic E-state index is 12.4. The van der Waals surface area contributed by atoms with E-state index in [0.717, 1.165) is 21.6 Å². The van der Waals surface area contributed by atoms with Crippen molar-refractivity contribution in [3.05, 3.63) is 64.7 Å². The molecule has 0 saturated carbocycles. The summed E-state index contributed by atoms with van der Waals surface area (Å²) in [6.07, 6.45) is 1.92. The van der Waals surface area contributed by atoms with E-state index in [9.17, 15) is 14.4 Å². The van der Waals surface area contributed by atoms with Crippen LogP contribution < -0.4 is 0 Å². The minimum atomic E-state index is -0.960. The Labute approximate surface area is 155 Å². The Morgan fingerprint density at radius 3 is 2.42 bits per heavy atom. The summed E-state index contributed by atoms with van der Waals surface area (Å²) < 4.78 is 0. The van der Waals surface area contributed by atoms with E-state index in [-0.39, 0.29) is 17.3 Å². The third-order valence-electron chi connectivity index (χ3n) is 4.38. The number of carbonyl (C=O) groups excluding carboxylic acids is 2. The fourth-order valence-corrected chi connectivity index (χ4v) is 3.83. The summed E-state index contributed by atoms with van der Waals surface area (Å²) in [6, 6.07) is 12.2. The van der Waals surface area contributed by atoms with E-state index in [4.69, 9.17) is 5.11 Å². The van der Waals surface area contributed by atoms with Crippen molar-refractivity contribution in [1.82, 2.24) is 0 Å². The molecule has 3 rings (SSSR count). The van der Waals surface area contributed by atoms with Crippen LogP contribution in [0.1, 0.15) is 45.7 Å². The smallest absolute Gasteiger partial charge is 0.335 e. The predicted octanol–water partition coefficient (Wildman–Crippen LogP) is 4.44. The second kappa shape index (κ2) is 7.30. The van der Waals surface area contributed by atoms with E-state index in [2.05, 4.69) is 0 Å². The summed E-state index contributed by atoms with van der Waals surface area (Å²) in [5, 5.41) is 8.96. The third kappa shape index (κ3) is 3.63. The SMILES string of the molecule is CC(=Cc1ccc(C(=O)O)cc1)c1ccc2c(c1)C(=O)C(=O)C(C)CS2. The van der Waals surface area contributed by atoms with Gasteiger partial charge in [-0.25, -0.2) is 4.79 Å². The summed E-state index contributed by atoms with van der Waals surface area (Å²) >= 11 is 1.54. The van der Waals surface area contributed by atoms with Crippen LogP contribution in [-0.2, 0) is 4.79 Å². The minimum Gasteiger partial charge on any atom is -0.478 e. The molecule has 0 spiro atoms. The summed E-state index contributed by atoms with van der Waals surface area (Å²) in [7, 11) is 0. The van der Waals surface area contributed by atoms with Gasteiger partial charge in [0.2, 0.25) is 11.6 Å². The molecule has 0 bridgehead atoms. The minimum absolute atomic E-state index is 0.236. The van der Waals surface area contributed by atoms with Crippen molar-refractivity contribution in [2.45, 2.75) is 18.7 Å². The molecule has 1 atom stereocenters. The lowest BCUT2D eigenvalue weighted by Gasteiger charge is -2.08. The van der Waals surface area contributed by atoms with E-state index in [1.165, 1.54) is 11.8 Å². The third-order valence-corrected chi connectivity index (χ3v) is 5.71. The molecule has 4 nitrogen and oxygen atoms in total. The zero-order valence-electron chi connectivity index (χ0n) is 14.5. The summed E-state index contributed by atoms with van der Waals surface area (Å²) in [5.41, 5.74) is 3.37. The highest BCUT2D eigenvalue weighted by Crippen LogP contribution is 2.32. The normalized spacial score (nSPS) is 17.6. The molecule has 0 amide bonds. The second-order valence-corrected chi connectivity index (χ2v) is 7.43. The first-order valence-corrected chi connectivity index (χ1v) is 9.23. The number of hydrogen-bond acceptors (Lipinski definition) is 4. The van der Waals surface area contributed by atoms with E-state index in [1.54, 1.807) is 37.3 Å². The molecule has 1 unspecified atom stereocenters. The number of thioether (sulfide) groups is 1. The standard InChI is InChI=1S/C21H18O4S/c1-12(9-14-3-5-15(6-4-14)21(24)25)16-7-8-18-17(10-16)20(23)19(22)13(2)11-26-18/h3-10,13H,11H2,1-2H3,(H,24,25). The van der Waals surface area contributed by atoms with Gasteiger partial charge in [0.15, 0.2) is 0 Å². The van der Waals surface area contributed by atoms with E-state index >= 15 is 0 Å². The van der Waals surface area contributed by atoms with Gasteiger partial charge in [0.25, 0.3) is 0 Å². The molecule has 1 N–H and O–H groups in total. The molecule has 26 heavy (non-hydrogen) atoms. The maximum Gasteiger partial charge on any atom is 0.335 e. The van der Waals surface area contributed by atoms with Crippen LogP contribution in [0.2, 0.25) is 0 Å². The number of hydrogen-bond donors (Lipinski definition) is 1. The average molecular weight is 366 g/mol. The van der Waals surface area contributed by atoms with Crippen molar-refractivity contribution >= 4 is 40.9 Å². The number of ketones is 2. The van der Waals surface area contributed by atoms with Gasteiger partial charge < -0.3 is 5.11 Å². The van der Waals surface area contributed by atoms with Crippen LogP contribution >= 0.6 is 11.8 Å². The fraction of sp³-hybridized carbons (Fsp3) is 0.190. The van der Waals surface area contributed by atoms with Crippen LogP contribution in [0.15, 0.2) is 47.4 Å². The lowest BCUT2D eigenvalue weighted by atomic mass is 9.96. The Bertz CT molecular complexity index is 926. The highest BCUT2D eigenvalue weighted by Gasteiger charge is 2.29. The van der Waals surface area contributed by atoms with Crippen molar-refractivity contribution in [2.75, 3.05) is 5.75 Å². The quantitative estimate of drug-likeness (QED) is 0.642. The molecule has 0 saturated heterocycles. The first-order valence-electron chi connectivity index (χ1n) is 8.24. The molecule has 0 radical (unpaired) electrons. The van der Waals surface area contributed by atoms with Gasteiger partial charge in [0, 0.05) is 22.1 Å². The molecule has 0 fully saturated rings. The first kappa shape index (κ1) is 18.1.